The molecule has 1 atom stereocenters. The van der Waals surface area contributed by atoms with Gasteiger partial charge in [0.25, 0.3) is 0 Å². The molecule has 0 aromatic carbocycles. The van der Waals surface area contributed by atoms with E-state index in [9.17, 15) is 9.90 Å². The number of carboxylic acid groups (broad SMARTS) is 1. The second-order valence-corrected chi connectivity index (χ2v) is 5.58. The number of rotatable bonds is 5. The summed E-state index contributed by atoms with van der Waals surface area (Å²) in [6.07, 6.45) is 6.43. The van der Waals surface area contributed by atoms with Gasteiger partial charge >= 0.3 is 5.97 Å². The summed E-state index contributed by atoms with van der Waals surface area (Å²) in [5.41, 5.74) is 4.91. The summed E-state index contributed by atoms with van der Waals surface area (Å²) in [6, 6.07) is 5.22. The van der Waals surface area contributed by atoms with Gasteiger partial charge < -0.3 is 10.8 Å². The molecule has 2 rings (SSSR count). The fraction of sp³-hybridized carbons (Fsp3) is 0.500. The van der Waals surface area contributed by atoms with Crippen LogP contribution in [-0.4, -0.2) is 21.0 Å². The van der Waals surface area contributed by atoms with Crippen LogP contribution in [0, 0.1) is 5.92 Å². The van der Waals surface area contributed by atoms with Crippen LogP contribution in [0.1, 0.15) is 37.8 Å². The molecule has 1 aromatic heterocycles. The van der Waals surface area contributed by atoms with Gasteiger partial charge in [-0.1, -0.05) is 44.0 Å². The van der Waals surface area contributed by atoms with Crippen molar-refractivity contribution in [1.82, 2.24) is 4.98 Å². The molecule has 0 spiro atoms. The maximum absolute atomic E-state index is 11.8. The molecule has 1 unspecified atom stereocenters. The minimum atomic E-state index is -1.33. The van der Waals surface area contributed by atoms with Gasteiger partial charge in [0.15, 0.2) is 5.41 Å². The first kappa shape index (κ1) is 13.9. The molecule has 1 heterocycles. The Morgan fingerprint density at radius 2 is 2.16 bits per heavy atom. The molecule has 1 saturated carbocycles. The number of hydrogen-bond donors (Lipinski definition) is 2. The second-order valence-electron chi connectivity index (χ2n) is 5.14. The smallest absolute Gasteiger partial charge is 0.322 e. The summed E-state index contributed by atoms with van der Waals surface area (Å²) in [6.45, 7) is 0. The first-order valence-corrected chi connectivity index (χ1v) is 6.93. The largest absolute Gasteiger partial charge is 0.480 e. The average Bonchev–Trinajstić information content (AvgIpc) is 2.89. The van der Waals surface area contributed by atoms with E-state index >= 15 is 0 Å². The van der Waals surface area contributed by atoms with Crippen LogP contribution in [0.2, 0.25) is 0 Å². The highest BCUT2D eigenvalue weighted by Crippen LogP contribution is 2.38. The van der Waals surface area contributed by atoms with E-state index in [1.807, 2.05) is 0 Å². The molecule has 102 valence electrons. The summed E-state index contributed by atoms with van der Waals surface area (Å²) in [4.78, 5) is 16.0. The second kappa shape index (κ2) is 5.65. The van der Waals surface area contributed by atoms with Crippen LogP contribution in [0.3, 0.4) is 0 Å². The molecule has 0 aliphatic heterocycles. The Kier molecular flexibility index (Phi) is 4.14. The molecule has 1 fully saturated rings. The van der Waals surface area contributed by atoms with Crippen molar-refractivity contribution in [2.75, 3.05) is 0 Å². The van der Waals surface area contributed by atoms with E-state index in [4.69, 9.17) is 18.0 Å². The topological polar surface area (TPSA) is 76.2 Å². The molecule has 19 heavy (non-hydrogen) atoms. The van der Waals surface area contributed by atoms with E-state index in [1.165, 1.54) is 0 Å². The number of pyridine rings is 1. The lowest BCUT2D eigenvalue weighted by Crippen LogP contribution is -2.48. The summed E-state index contributed by atoms with van der Waals surface area (Å²) >= 11 is 5.08. The quantitative estimate of drug-likeness (QED) is 0.808. The highest BCUT2D eigenvalue weighted by molar-refractivity contribution is 7.80. The van der Waals surface area contributed by atoms with Crippen molar-refractivity contribution in [3.63, 3.8) is 0 Å². The van der Waals surface area contributed by atoms with Gasteiger partial charge in [-0.2, -0.15) is 0 Å². The first-order chi connectivity index (χ1) is 9.07. The average molecular weight is 278 g/mol. The van der Waals surface area contributed by atoms with E-state index in [2.05, 4.69) is 4.98 Å². The zero-order valence-electron chi connectivity index (χ0n) is 10.7. The van der Waals surface area contributed by atoms with Gasteiger partial charge in [0.1, 0.15) is 0 Å². The number of aliphatic carboxylic acids is 1. The fourth-order valence-corrected chi connectivity index (χ4v) is 3.17. The standard InChI is InChI=1S/C14H18N2O2S/c15-12(19)14(13(17)18,9-10-5-1-2-6-10)11-7-3-4-8-16-11/h3-4,7-8,10H,1-2,5-6,9H2,(H2,15,19)(H,17,18). The minimum Gasteiger partial charge on any atom is -0.480 e. The molecule has 3 N–H and O–H groups in total. The van der Waals surface area contributed by atoms with E-state index in [0.717, 1.165) is 25.7 Å². The van der Waals surface area contributed by atoms with Crippen molar-refractivity contribution >= 4 is 23.2 Å². The Bertz CT molecular complexity index is 456. The lowest BCUT2D eigenvalue weighted by molar-refractivity contribution is -0.141. The number of thiocarbonyl (C=S) groups is 1. The van der Waals surface area contributed by atoms with E-state index in [0.29, 0.717) is 18.0 Å². The summed E-state index contributed by atoms with van der Waals surface area (Å²) in [5.74, 6) is -0.634. The van der Waals surface area contributed by atoms with Crippen molar-refractivity contribution in [2.24, 2.45) is 11.7 Å². The third kappa shape index (κ3) is 2.61. The number of nitrogens with zero attached hydrogens (tertiary/aromatic N) is 1. The highest BCUT2D eigenvalue weighted by atomic mass is 32.1. The maximum Gasteiger partial charge on any atom is 0.322 e. The molecule has 0 radical (unpaired) electrons. The van der Waals surface area contributed by atoms with Crippen LogP contribution in [-0.2, 0) is 10.2 Å². The highest BCUT2D eigenvalue weighted by Gasteiger charge is 2.46. The number of carbonyl (C=O) groups is 1. The molecular formula is C14H18N2O2S. The monoisotopic (exact) mass is 278 g/mol. The molecule has 0 saturated heterocycles. The van der Waals surface area contributed by atoms with Crippen molar-refractivity contribution in [2.45, 2.75) is 37.5 Å². The molecule has 5 heteroatoms. The van der Waals surface area contributed by atoms with Gasteiger partial charge in [-0.15, -0.1) is 0 Å². The van der Waals surface area contributed by atoms with Crippen molar-refractivity contribution in [3.05, 3.63) is 30.1 Å². The third-order valence-electron chi connectivity index (χ3n) is 3.96. The Labute approximate surface area is 118 Å². The number of nitrogens with two attached hydrogens (primary N) is 1. The third-order valence-corrected chi connectivity index (χ3v) is 4.31. The molecule has 0 bridgehead atoms. The van der Waals surface area contributed by atoms with E-state index in [1.54, 1.807) is 24.4 Å². The van der Waals surface area contributed by atoms with Gasteiger partial charge in [0.05, 0.1) is 10.7 Å². The Morgan fingerprint density at radius 3 is 2.63 bits per heavy atom. The summed E-state index contributed by atoms with van der Waals surface area (Å²) in [5, 5.41) is 9.70. The van der Waals surface area contributed by atoms with Crippen molar-refractivity contribution < 1.29 is 9.90 Å². The summed E-state index contributed by atoms with van der Waals surface area (Å²) < 4.78 is 0. The Hall–Kier alpha value is -1.49. The lowest BCUT2D eigenvalue weighted by Gasteiger charge is -2.30. The lowest BCUT2D eigenvalue weighted by atomic mass is 9.75. The molecule has 4 nitrogen and oxygen atoms in total. The predicted molar refractivity (Wildman–Crippen MR) is 76.9 cm³/mol. The Balaban J connectivity index is 2.41. The van der Waals surface area contributed by atoms with E-state index < -0.39 is 11.4 Å². The SMILES string of the molecule is NC(=S)C(CC1CCCC1)(C(=O)O)c1ccccn1. The Morgan fingerprint density at radius 1 is 1.47 bits per heavy atom. The van der Waals surface area contributed by atoms with Gasteiger partial charge in [0, 0.05) is 6.20 Å². The molecule has 1 aliphatic carbocycles. The van der Waals surface area contributed by atoms with Crippen molar-refractivity contribution in [1.29, 1.82) is 0 Å². The van der Waals surface area contributed by atoms with Crippen LogP contribution in [0.4, 0.5) is 0 Å². The number of carboxylic acids is 1. The maximum atomic E-state index is 11.8. The normalized spacial score (nSPS) is 18.9. The van der Waals surface area contributed by atoms with Crippen LogP contribution < -0.4 is 5.73 Å². The van der Waals surface area contributed by atoms with Crippen LogP contribution in [0.15, 0.2) is 24.4 Å². The van der Waals surface area contributed by atoms with Crippen LogP contribution >= 0.6 is 12.2 Å². The van der Waals surface area contributed by atoms with Crippen molar-refractivity contribution in [3.8, 4) is 0 Å². The zero-order valence-corrected chi connectivity index (χ0v) is 11.5. The zero-order chi connectivity index (χ0) is 13.9. The van der Waals surface area contributed by atoms with Crippen LogP contribution in [0.25, 0.3) is 0 Å². The molecular weight excluding hydrogens is 260 g/mol. The molecule has 1 aromatic rings. The first-order valence-electron chi connectivity index (χ1n) is 6.52. The summed E-state index contributed by atoms with van der Waals surface area (Å²) in [7, 11) is 0. The molecule has 0 amide bonds. The number of aromatic nitrogens is 1. The van der Waals surface area contributed by atoms with Gasteiger partial charge in [-0.05, 0) is 24.5 Å². The van der Waals surface area contributed by atoms with Crippen LogP contribution in [0.5, 0.6) is 0 Å². The van der Waals surface area contributed by atoms with Gasteiger partial charge in [-0.25, -0.2) is 0 Å². The minimum absolute atomic E-state index is 0.00519. The predicted octanol–water partition coefficient (Wildman–Crippen LogP) is 2.27. The fourth-order valence-electron chi connectivity index (χ4n) is 2.90. The number of hydrogen-bond acceptors (Lipinski definition) is 3. The van der Waals surface area contributed by atoms with Gasteiger partial charge in [-0.3, -0.25) is 9.78 Å². The van der Waals surface area contributed by atoms with Gasteiger partial charge in [0.2, 0.25) is 0 Å². The van der Waals surface area contributed by atoms with E-state index in [-0.39, 0.29) is 4.99 Å². The molecule has 1 aliphatic rings.